The van der Waals surface area contributed by atoms with Crippen LogP contribution < -0.4 is 0 Å². The second kappa shape index (κ2) is 11.8. The summed E-state index contributed by atoms with van der Waals surface area (Å²) in [4.78, 5) is 10.4. The van der Waals surface area contributed by atoms with E-state index in [4.69, 9.17) is 5.11 Å². The Kier molecular flexibility index (Phi) is 11.3. The van der Waals surface area contributed by atoms with Gasteiger partial charge in [-0.2, -0.15) is 0 Å². The van der Waals surface area contributed by atoms with Gasteiger partial charge in [0, 0.05) is 5.75 Å². The first-order chi connectivity index (χ1) is 9.41. The molecule has 3 heteroatoms. The van der Waals surface area contributed by atoms with E-state index in [9.17, 15) is 4.79 Å². The first kappa shape index (κ1) is 19.0. The summed E-state index contributed by atoms with van der Waals surface area (Å²) in [6.45, 7) is 8.58. The molecule has 0 spiro atoms. The van der Waals surface area contributed by atoms with Crippen LogP contribution in [0.5, 0.6) is 0 Å². The molecule has 0 bridgehead atoms. The first-order valence-electron chi connectivity index (χ1n) is 7.16. The van der Waals surface area contributed by atoms with Gasteiger partial charge in [-0.15, -0.1) is 11.8 Å². The fourth-order valence-electron chi connectivity index (χ4n) is 1.69. The lowest BCUT2D eigenvalue weighted by molar-refractivity contribution is -0.133. The molecule has 0 saturated carbocycles. The van der Waals surface area contributed by atoms with E-state index >= 15 is 0 Å². The lowest BCUT2D eigenvalue weighted by atomic mass is 10.1. The van der Waals surface area contributed by atoms with Gasteiger partial charge in [-0.25, -0.2) is 0 Å². The van der Waals surface area contributed by atoms with E-state index in [1.807, 2.05) is 0 Å². The highest BCUT2D eigenvalue weighted by Crippen LogP contribution is 2.12. The van der Waals surface area contributed by atoms with Gasteiger partial charge in [0.15, 0.2) is 0 Å². The molecule has 0 fully saturated rings. The molecule has 114 valence electrons. The number of thioether (sulfide) groups is 1. The fraction of sp³-hybridized carbons (Fsp3) is 0.588. The molecule has 0 aromatic carbocycles. The smallest absolute Gasteiger partial charge is 0.313 e. The highest BCUT2D eigenvalue weighted by Gasteiger charge is 1.95. The zero-order valence-corrected chi connectivity index (χ0v) is 14.1. The average molecular weight is 296 g/mol. The third-order valence-corrected chi connectivity index (χ3v) is 3.75. The Labute approximate surface area is 128 Å². The van der Waals surface area contributed by atoms with Crippen LogP contribution >= 0.6 is 11.8 Å². The predicted octanol–water partition coefficient (Wildman–Crippen LogP) is 5.22. The molecule has 0 rings (SSSR count). The zero-order valence-electron chi connectivity index (χ0n) is 13.2. The van der Waals surface area contributed by atoms with Crippen molar-refractivity contribution in [2.75, 3.05) is 11.5 Å². The standard InChI is InChI=1S/C17H28O2S/c1-14(2)7-5-8-15(3)9-6-10-16(4)11-12-20-13-17(18)19/h7,9,11H,5-6,8,10,12-13H2,1-4H3,(H,18,19)/b15-9-,16-11-. The quantitative estimate of drug-likeness (QED) is 0.443. The number of aliphatic carboxylic acids is 1. The minimum Gasteiger partial charge on any atom is -0.481 e. The maximum Gasteiger partial charge on any atom is 0.313 e. The maximum absolute atomic E-state index is 10.4. The molecule has 0 aliphatic carbocycles. The summed E-state index contributed by atoms with van der Waals surface area (Å²) in [5.74, 6) is 0.241. The normalized spacial score (nSPS) is 12.4. The van der Waals surface area contributed by atoms with Crippen LogP contribution in [0.4, 0.5) is 0 Å². The second-order valence-electron chi connectivity index (χ2n) is 5.37. The van der Waals surface area contributed by atoms with Crippen LogP contribution in [0.3, 0.4) is 0 Å². The van der Waals surface area contributed by atoms with E-state index < -0.39 is 5.97 Å². The summed E-state index contributed by atoms with van der Waals surface area (Å²) in [6, 6.07) is 0. The van der Waals surface area contributed by atoms with Gasteiger partial charge in [0.05, 0.1) is 5.75 Å². The van der Waals surface area contributed by atoms with Gasteiger partial charge in [-0.3, -0.25) is 4.79 Å². The Morgan fingerprint density at radius 1 is 0.950 bits per heavy atom. The van der Waals surface area contributed by atoms with Crippen molar-refractivity contribution < 1.29 is 9.90 Å². The van der Waals surface area contributed by atoms with Crippen molar-refractivity contribution in [1.82, 2.24) is 0 Å². The predicted molar refractivity (Wildman–Crippen MR) is 90.4 cm³/mol. The number of carbonyl (C=O) groups is 1. The average Bonchev–Trinajstić information content (AvgIpc) is 2.34. The van der Waals surface area contributed by atoms with Crippen LogP contribution in [0.25, 0.3) is 0 Å². The van der Waals surface area contributed by atoms with Crippen LogP contribution in [-0.2, 0) is 4.79 Å². The minimum absolute atomic E-state index is 0.188. The topological polar surface area (TPSA) is 37.3 Å². The van der Waals surface area contributed by atoms with E-state index in [0.29, 0.717) is 0 Å². The van der Waals surface area contributed by atoms with Crippen molar-refractivity contribution in [2.45, 2.75) is 53.4 Å². The van der Waals surface area contributed by atoms with E-state index in [2.05, 4.69) is 45.9 Å². The van der Waals surface area contributed by atoms with Gasteiger partial charge in [0.25, 0.3) is 0 Å². The molecule has 0 aromatic rings. The summed E-state index contributed by atoms with van der Waals surface area (Å²) >= 11 is 1.45. The summed E-state index contributed by atoms with van der Waals surface area (Å²) in [5.41, 5.74) is 4.18. The van der Waals surface area contributed by atoms with E-state index in [-0.39, 0.29) is 5.75 Å². The molecule has 0 atom stereocenters. The Morgan fingerprint density at radius 2 is 1.50 bits per heavy atom. The maximum atomic E-state index is 10.4. The molecule has 2 nitrogen and oxygen atoms in total. The molecule has 1 N–H and O–H groups in total. The molecule has 0 aliphatic heterocycles. The monoisotopic (exact) mass is 296 g/mol. The third kappa shape index (κ3) is 13.5. The van der Waals surface area contributed by atoms with Crippen LogP contribution in [0.15, 0.2) is 34.9 Å². The second-order valence-corrected chi connectivity index (χ2v) is 6.40. The molecule has 0 heterocycles. The summed E-state index contributed by atoms with van der Waals surface area (Å²) in [6.07, 6.45) is 11.1. The van der Waals surface area contributed by atoms with Gasteiger partial charge in [-0.1, -0.05) is 34.9 Å². The molecule has 0 saturated heterocycles. The number of hydrogen-bond acceptors (Lipinski definition) is 2. The van der Waals surface area contributed by atoms with Crippen LogP contribution in [-0.4, -0.2) is 22.6 Å². The van der Waals surface area contributed by atoms with E-state index in [1.54, 1.807) is 0 Å². The molecule has 0 unspecified atom stereocenters. The molecule has 0 aliphatic rings. The van der Waals surface area contributed by atoms with Crippen molar-refractivity contribution >= 4 is 17.7 Å². The molecule has 0 radical (unpaired) electrons. The zero-order chi connectivity index (χ0) is 15.4. The Balaban J connectivity index is 3.82. The molecule has 20 heavy (non-hydrogen) atoms. The first-order valence-corrected chi connectivity index (χ1v) is 8.31. The van der Waals surface area contributed by atoms with Gasteiger partial charge in [-0.05, 0) is 53.4 Å². The van der Waals surface area contributed by atoms with Crippen molar-refractivity contribution in [2.24, 2.45) is 0 Å². The lowest BCUT2D eigenvalue weighted by Crippen LogP contribution is -1.98. The highest BCUT2D eigenvalue weighted by atomic mass is 32.2. The van der Waals surface area contributed by atoms with Crippen molar-refractivity contribution in [3.8, 4) is 0 Å². The van der Waals surface area contributed by atoms with Crippen LogP contribution in [0.2, 0.25) is 0 Å². The fourth-order valence-corrected chi connectivity index (χ4v) is 2.38. The minimum atomic E-state index is -0.740. The number of allylic oxidation sites excluding steroid dienone is 5. The molecule has 0 amide bonds. The Hall–Kier alpha value is -0.960. The largest absolute Gasteiger partial charge is 0.481 e. The summed E-state index contributed by atoms with van der Waals surface area (Å²) < 4.78 is 0. The summed E-state index contributed by atoms with van der Waals surface area (Å²) in [7, 11) is 0. The SMILES string of the molecule is CC(C)=CCC/C(C)=C\CC/C(C)=C\CSCC(=O)O. The molecular weight excluding hydrogens is 268 g/mol. The number of carboxylic acid groups (broad SMARTS) is 1. The third-order valence-electron chi connectivity index (χ3n) is 2.90. The highest BCUT2D eigenvalue weighted by molar-refractivity contribution is 8.00. The number of carboxylic acids is 1. The van der Waals surface area contributed by atoms with Crippen LogP contribution in [0.1, 0.15) is 53.4 Å². The van der Waals surface area contributed by atoms with Gasteiger partial charge >= 0.3 is 5.97 Å². The van der Waals surface area contributed by atoms with Gasteiger partial charge < -0.3 is 5.11 Å². The summed E-state index contributed by atoms with van der Waals surface area (Å²) in [5, 5.41) is 8.53. The Bertz CT molecular complexity index is 374. The number of hydrogen-bond donors (Lipinski definition) is 1. The Morgan fingerprint density at radius 3 is 2.05 bits per heavy atom. The van der Waals surface area contributed by atoms with Gasteiger partial charge in [0.1, 0.15) is 0 Å². The van der Waals surface area contributed by atoms with Crippen molar-refractivity contribution in [1.29, 1.82) is 0 Å². The van der Waals surface area contributed by atoms with Crippen LogP contribution in [0, 0.1) is 0 Å². The lowest BCUT2D eigenvalue weighted by Gasteiger charge is -2.01. The van der Waals surface area contributed by atoms with Gasteiger partial charge in [0.2, 0.25) is 0 Å². The number of rotatable bonds is 10. The van der Waals surface area contributed by atoms with Crippen molar-refractivity contribution in [3.05, 3.63) is 34.9 Å². The molecular formula is C17H28O2S. The van der Waals surface area contributed by atoms with Crippen molar-refractivity contribution in [3.63, 3.8) is 0 Å². The van der Waals surface area contributed by atoms with E-state index in [1.165, 1.54) is 28.5 Å². The van der Waals surface area contributed by atoms with E-state index in [0.717, 1.165) is 31.4 Å². The molecule has 0 aromatic heterocycles.